The molecule has 4 nitrogen and oxygen atoms in total. The lowest BCUT2D eigenvalue weighted by atomic mass is 9.78. The van der Waals surface area contributed by atoms with E-state index in [-0.39, 0.29) is 22.9 Å². The molecule has 1 aliphatic carbocycles. The van der Waals surface area contributed by atoms with Crippen molar-refractivity contribution < 1.29 is 13.2 Å². The van der Waals surface area contributed by atoms with Gasteiger partial charge in [-0.15, -0.1) is 0 Å². The Morgan fingerprint density at radius 3 is 2.38 bits per heavy atom. The molecule has 0 amide bonds. The average Bonchev–Trinajstić information content (AvgIpc) is 2.78. The molecule has 1 aromatic rings. The first-order valence-corrected chi connectivity index (χ1v) is 9.05. The number of carbonyl (C=O) groups excluding carboxylic acids is 1. The zero-order chi connectivity index (χ0) is 15.7. The number of anilines is 1. The predicted octanol–water partition coefficient (Wildman–Crippen LogP) is 3.46. The quantitative estimate of drug-likeness (QED) is 0.847. The molecule has 0 heterocycles. The number of nitrogens with one attached hydrogen (secondary N) is 1. The molecule has 0 radical (unpaired) electrons. The summed E-state index contributed by atoms with van der Waals surface area (Å²) in [6, 6.07) is 6.74. The number of hydrogen-bond acceptors (Lipinski definition) is 3. The average molecular weight is 309 g/mol. The first kappa shape index (κ1) is 16.0. The number of hydrogen-bond donors (Lipinski definition) is 1. The second kappa shape index (κ2) is 5.79. The van der Waals surface area contributed by atoms with E-state index in [9.17, 15) is 13.2 Å². The molecule has 0 aromatic heterocycles. The Morgan fingerprint density at radius 1 is 1.29 bits per heavy atom. The predicted molar refractivity (Wildman–Crippen MR) is 85.0 cm³/mol. The SMILES string of the molecule is CCS(=O)(=O)Nc1ccc(C(=O)C2CCCC2(C)C)cc1. The highest BCUT2D eigenvalue weighted by Gasteiger charge is 2.39. The summed E-state index contributed by atoms with van der Waals surface area (Å²) in [6.07, 6.45) is 3.12. The van der Waals surface area contributed by atoms with E-state index in [0.717, 1.165) is 19.3 Å². The van der Waals surface area contributed by atoms with Crippen LogP contribution in [0.3, 0.4) is 0 Å². The van der Waals surface area contributed by atoms with Gasteiger partial charge in [-0.05, 0) is 49.4 Å². The molecule has 21 heavy (non-hydrogen) atoms. The van der Waals surface area contributed by atoms with Gasteiger partial charge in [0.25, 0.3) is 0 Å². The van der Waals surface area contributed by atoms with Crippen molar-refractivity contribution in [3.63, 3.8) is 0 Å². The third kappa shape index (κ3) is 3.64. The van der Waals surface area contributed by atoms with Gasteiger partial charge in [-0.25, -0.2) is 8.42 Å². The largest absolute Gasteiger partial charge is 0.294 e. The van der Waals surface area contributed by atoms with Crippen molar-refractivity contribution in [2.75, 3.05) is 10.5 Å². The van der Waals surface area contributed by atoms with Crippen LogP contribution in [0.25, 0.3) is 0 Å². The van der Waals surface area contributed by atoms with Gasteiger partial charge in [0.1, 0.15) is 0 Å². The van der Waals surface area contributed by atoms with Crippen LogP contribution < -0.4 is 4.72 Å². The van der Waals surface area contributed by atoms with Crippen molar-refractivity contribution in [2.45, 2.75) is 40.0 Å². The maximum atomic E-state index is 12.6. The van der Waals surface area contributed by atoms with Crippen LogP contribution in [-0.4, -0.2) is 20.0 Å². The highest BCUT2D eigenvalue weighted by molar-refractivity contribution is 7.92. The van der Waals surface area contributed by atoms with Crippen molar-refractivity contribution in [1.29, 1.82) is 0 Å². The van der Waals surface area contributed by atoms with Gasteiger partial charge in [-0.3, -0.25) is 9.52 Å². The van der Waals surface area contributed by atoms with Crippen LogP contribution in [-0.2, 0) is 10.0 Å². The van der Waals surface area contributed by atoms with Crippen LogP contribution in [0.5, 0.6) is 0 Å². The van der Waals surface area contributed by atoms with Crippen molar-refractivity contribution in [2.24, 2.45) is 11.3 Å². The third-order valence-corrected chi connectivity index (χ3v) is 5.70. The fourth-order valence-electron chi connectivity index (χ4n) is 2.97. The standard InChI is InChI=1S/C16H23NO3S/c1-4-21(19,20)17-13-9-7-12(8-10-13)15(18)14-6-5-11-16(14,2)3/h7-10,14,17H,4-6,11H2,1-3H3. The van der Waals surface area contributed by atoms with Gasteiger partial charge in [0.05, 0.1) is 5.75 Å². The number of carbonyl (C=O) groups is 1. The Bertz CT molecular complexity index is 617. The molecule has 0 spiro atoms. The van der Waals surface area contributed by atoms with E-state index in [1.807, 2.05) is 0 Å². The Kier molecular flexibility index (Phi) is 4.42. The number of sulfonamides is 1. The molecule has 1 atom stereocenters. The van der Waals surface area contributed by atoms with Crippen molar-refractivity contribution in [3.05, 3.63) is 29.8 Å². The summed E-state index contributed by atoms with van der Waals surface area (Å²) in [4.78, 5) is 12.6. The van der Waals surface area contributed by atoms with Crippen molar-refractivity contribution in [1.82, 2.24) is 0 Å². The zero-order valence-corrected chi connectivity index (χ0v) is 13.7. The molecule has 1 N–H and O–H groups in total. The van der Waals surface area contributed by atoms with Crippen molar-refractivity contribution in [3.8, 4) is 0 Å². The highest BCUT2D eigenvalue weighted by Crippen LogP contribution is 2.44. The van der Waals surface area contributed by atoms with Crippen molar-refractivity contribution >= 4 is 21.5 Å². The second-order valence-electron chi connectivity index (χ2n) is 6.38. The Labute approximate surface area is 127 Å². The fraction of sp³-hybridized carbons (Fsp3) is 0.562. The smallest absolute Gasteiger partial charge is 0.232 e. The lowest BCUT2D eigenvalue weighted by Crippen LogP contribution is -2.25. The van der Waals surface area contributed by atoms with E-state index in [1.165, 1.54) is 0 Å². The lowest BCUT2D eigenvalue weighted by Gasteiger charge is -2.25. The van der Waals surface area contributed by atoms with Gasteiger partial charge >= 0.3 is 0 Å². The van der Waals surface area contributed by atoms with E-state index < -0.39 is 10.0 Å². The van der Waals surface area contributed by atoms with Crippen LogP contribution >= 0.6 is 0 Å². The van der Waals surface area contributed by atoms with E-state index in [1.54, 1.807) is 31.2 Å². The summed E-state index contributed by atoms with van der Waals surface area (Å²) in [7, 11) is -3.27. The molecule has 2 rings (SSSR count). The van der Waals surface area contributed by atoms with Crippen LogP contribution in [0.4, 0.5) is 5.69 Å². The van der Waals surface area contributed by atoms with Crippen LogP contribution in [0.2, 0.25) is 0 Å². The number of rotatable bonds is 5. The highest BCUT2D eigenvalue weighted by atomic mass is 32.2. The Balaban J connectivity index is 2.14. The fourth-order valence-corrected chi connectivity index (χ4v) is 3.61. The summed E-state index contributed by atoms with van der Waals surface area (Å²) < 4.78 is 25.5. The van der Waals surface area contributed by atoms with Gasteiger partial charge in [0.2, 0.25) is 10.0 Å². The second-order valence-corrected chi connectivity index (χ2v) is 8.39. The molecule has 1 aliphatic rings. The molecule has 116 valence electrons. The molecular formula is C16H23NO3S. The van der Waals surface area contributed by atoms with E-state index in [4.69, 9.17) is 0 Å². The van der Waals surface area contributed by atoms with Gasteiger partial charge in [0, 0.05) is 17.2 Å². The zero-order valence-electron chi connectivity index (χ0n) is 12.8. The molecule has 5 heteroatoms. The Hall–Kier alpha value is -1.36. The third-order valence-electron chi connectivity index (χ3n) is 4.40. The molecule has 1 fully saturated rings. The normalized spacial score (nSPS) is 21.2. The van der Waals surface area contributed by atoms with Crippen LogP contribution in [0.15, 0.2) is 24.3 Å². The molecule has 0 bridgehead atoms. The maximum absolute atomic E-state index is 12.6. The monoisotopic (exact) mass is 309 g/mol. The van der Waals surface area contributed by atoms with Crippen LogP contribution in [0.1, 0.15) is 50.4 Å². The van der Waals surface area contributed by atoms with Gasteiger partial charge in [0.15, 0.2) is 5.78 Å². The first-order valence-electron chi connectivity index (χ1n) is 7.40. The minimum Gasteiger partial charge on any atom is -0.294 e. The molecule has 1 unspecified atom stereocenters. The van der Waals surface area contributed by atoms with E-state index >= 15 is 0 Å². The van der Waals surface area contributed by atoms with Gasteiger partial charge in [-0.1, -0.05) is 20.3 Å². The topological polar surface area (TPSA) is 63.2 Å². The summed E-state index contributed by atoms with van der Waals surface area (Å²) in [5, 5.41) is 0. The molecule has 0 aliphatic heterocycles. The van der Waals surface area contributed by atoms with Crippen LogP contribution in [0, 0.1) is 11.3 Å². The summed E-state index contributed by atoms with van der Waals surface area (Å²) in [5.41, 5.74) is 1.22. The summed E-state index contributed by atoms with van der Waals surface area (Å²) in [6.45, 7) is 5.88. The summed E-state index contributed by atoms with van der Waals surface area (Å²) >= 11 is 0. The number of ketones is 1. The van der Waals surface area contributed by atoms with E-state index in [0.29, 0.717) is 11.3 Å². The number of benzene rings is 1. The molecular weight excluding hydrogens is 286 g/mol. The Morgan fingerprint density at radius 2 is 1.90 bits per heavy atom. The first-order chi connectivity index (χ1) is 9.75. The van der Waals surface area contributed by atoms with Gasteiger partial charge < -0.3 is 0 Å². The lowest BCUT2D eigenvalue weighted by molar-refractivity contribution is 0.0839. The minimum absolute atomic E-state index is 0.0317. The molecule has 1 aromatic carbocycles. The minimum atomic E-state index is -3.27. The number of Topliss-reactive ketones (excluding diaryl/α,β-unsaturated/α-hetero) is 1. The van der Waals surface area contributed by atoms with E-state index in [2.05, 4.69) is 18.6 Å². The molecule has 0 saturated heterocycles. The maximum Gasteiger partial charge on any atom is 0.232 e. The van der Waals surface area contributed by atoms with Gasteiger partial charge in [-0.2, -0.15) is 0 Å². The molecule has 1 saturated carbocycles. The summed E-state index contributed by atoms with van der Waals surface area (Å²) in [5.74, 6) is 0.266.